The summed E-state index contributed by atoms with van der Waals surface area (Å²) in [7, 11) is 0. The molecule has 2 aromatic rings. The summed E-state index contributed by atoms with van der Waals surface area (Å²) in [4.78, 5) is 11.8. The van der Waals surface area contributed by atoms with E-state index in [-0.39, 0.29) is 0 Å². The highest BCUT2D eigenvalue weighted by Gasteiger charge is 2.24. The molecule has 6 heteroatoms. The molecule has 116 valence electrons. The van der Waals surface area contributed by atoms with Crippen molar-refractivity contribution in [2.75, 3.05) is 5.32 Å². The minimum Gasteiger partial charge on any atom is -0.326 e. The lowest BCUT2D eigenvalue weighted by Gasteiger charge is -2.10. The van der Waals surface area contributed by atoms with Crippen molar-refractivity contribution in [2.45, 2.75) is 20.3 Å². The Balaban J connectivity index is 2.26. The Morgan fingerprint density at radius 2 is 1.68 bits per heavy atom. The SMILES string of the molecule is Cc1cccc(NC(=O)Cc2c(F)c(C)c(F)c(F)c2F)c1. The number of halogens is 4. The minimum absolute atomic E-state index is 0.449. The Hall–Kier alpha value is -2.37. The van der Waals surface area contributed by atoms with Crippen LogP contribution < -0.4 is 5.32 Å². The highest BCUT2D eigenvalue weighted by Crippen LogP contribution is 2.24. The second kappa shape index (κ2) is 6.17. The summed E-state index contributed by atoms with van der Waals surface area (Å²) < 4.78 is 54.0. The Kier molecular flexibility index (Phi) is 4.49. The van der Waals surface area contributed by atoms with Gasteiger partial charge in [-0.15, -0.1) is 0 Å². The second-order valence-electron chi connectivity index (χ2n) is 4.95. The summed E-state index contributed by atoms with van der Waals surface area (Å²) in [5, 5.41) is 2.45. The molecule has 0 aromatic heterocycles. The fraction of sp³-hybridized carbons (Fsp3) is 0.188. The lowest BCUT2D eigenvalue weighted by Crippen LogP contribution is -2.18. The topological polar surface area (TPSA) is 29.1 Å². The maximum absolute atomic E-state index is 13.8. The van der Waals surface area contributed by atoms with Crippen LogP contribution in [0.2, 0.25) is 0 Å². The highest BCUT2D eigenvalue weighted by molar-refractivity contribution is 5.92. The lowest BCUT2D eigenvalue weighted by atomic mass is 10.0. The minimum atomic E-state index is -1.78. The van der Waals surface area contributed by atoms with Gasteiger partial charge in [0.1, 0.15) is 5.82 Å². The number of anilines is 1. The molecular formula is C16H13F4NO. The average Bonchev–Trinajstić information content (AvgIpc) is 2.47. The number of carbonyl (C=O) groups excluding carboxylic acids is 1. The Morgan fingerprint density at radius 1 is 1.00 bits per heavy atom. The summed E-state index contributed by atoms with van der Waals surface area (Å²) in [5.74, 6) is -7.03. The van der Waals surface area contributed by atoms with E-state index in [1.165, 1.54) is 0 Å². The molecule has 22 heavy (non-hydrogen) atoms. The number of amides is 1. The van der Waals surface area contributed by atoms with Gasteiger partial charge in [0.05, 0.1) is 6.42 Å². The third kappa shape index (κ3) is 3.10. The Bertz CT molecular complexity index is 714. The van der Waals surface area contributed by atoms with Crippen LogP contribution in [0.5, 0.6) is 0 Å². The molecule has 0 saturated carbocycles. The molecule has 2 rings (SSSR count). The van der Waals surface area contributed by atoms with Gasteiger partial charge >= 0.3 is 0 Å². The van der Waals surface area contributed by atoms with Gasteiger partial charge in [0, 0.05) is 16.8 Å². The van der Waals surface area contributed by atoms with Gasteiger partial charge in [-0.2, -0.15) is 0 Å². The zero-order valence-electron chi connectivity index (χ0n) is 11.9. The maximum Gasteiger partial charge on any atom is 0.229 e. The van der Waals surface area contributed by atoms with Gasteiger partial charge in [0.2, 0.25) is 5.91 Å². The van der Waals surface area contributed by atoms with Crippen molar-refractivity contribution < 1.29 is 22.4 Å². The fourth-order valence-electron chi connectivity index (χ4n) is 2.06. The zero-order valence-corrected chi connectivity index (χ0v) is 11.9. The largest absolute Gasteiger partial charge is 0.326 e. The van der Waals surface area contributed by atoms with E-state index in [0.717, 1.165) is 12.5 Å². The summed E-state index contributed by atoms with van der Waals surface area (Å²) in [6.07, 6.45) is -0.732. The van der Waals surface area contributed by atoms with Crippen molar-refractivity contribution in [2.24, 2.45) is 0 Å². The van der Waals surface area contributed by atoms with Crippen LogP contribution in [0.25, 0.3) is 0 Å². The first kappa shape index (κ1) is 16.0. The van der Waals surface area contributed by atoms with Crippen LogP contribution in [-0.4, -0.2) is 5.91 Å². The number of aryl methyl sites for hydroxylation is 1. The van der Waals surface area contributed by atoms with Crippen LogP contribution in [0.15, 0.2) is 24.3 Å². The summed E-state index contributed by atoms with van der Waals surface area (Å²) in [6, 6.07) is 6.79. The van der Waals surface area contributed by atoms with E-state index in [4.69, 9.17) is 0 Å². The summed E-state index contributed by atoms with van der Waals surface area (Å²) in [6.45, 7) is 2.79. The molecular weight excluding hydrogens is 298 g/mol. The maximum atomic E-state index is 13.8. The van der Waals surface area contributed by atoms with Crippen molar-refractivity contribution in [3.05, 3.63) is 64.2 Å². The lowest BCUT2D eigenvalue weighted by molar-refractivity contribution is -0.115. The van der Waals surface area contributed by atoms with Gasteiger partial charge in [-0.3, -0.25) is 4.79 Å². The van der Waals surface area contributed by atoms with Crippen LogP contribution in [0.3, 0.4) is 0 Å². The van der Waals surface area contributed by atoms with Gasteiger partial charge in [-0.25, -0.2) is 17.6 Å². The van der Waals surface area contributed by atoms with Gasteiger partial charge in [-0.1, -0.05) is 12.1 Å². The predicted molar refractivity (Wildman–Crippen MR) is 74.5 cm³/mol. The van der Waals surface area contributed by atoms with Crippen molar-refractivity contribution in [1.29, 1.82) is 0 Å². The third-order valence-corrected chi connectivity index (χ3v) is 3.21. The standard InChI is InChI=1S/C16H13F4NO/c1-8-4-3-5-10(6-8)21-12(22)7-11-13(17)9(2)14(18)16(20)15(11)19/h3-6H,7H2,1-2H3,(H,21,22). The predicted octanol–water partition coefficient (Wildman–Crippen LogP) is 4.04. The molecule has 2 nitrogen and oxygen atoms in total. The monoisotopic (exact) mass is 311 g/mol. The number of hydrogen-bond donors (Lipinski definition) is 1. The van der Waals surface area contributed by atoms with E-state index < -0.39 is 46.7 Å². The van der Waals surface area contributed by atoms with Crippen molar-refractivity contribution in [1.82, 2.24) is 0 Å². The van der Waals surface area contributed by atoms with Crippen molar-refractivity contribution in [3.8, 4) is 0 Å². The van der Waals surface area contributed by atoms with Gasteiger partial charge < -0.3 is 5.32 Å². The summed E-state index contributed by atoms with van der Waals surface area (Å²) in [5.41, 5.74) is -0.109. The van der Waals surface area contributed by atoms with Crippen LogP contribution >= 0.6 is 0 Å². The molecule has 0 saturated heterocycles. The molecule has 0 atom stereocenters. The van der Waals surface area contributed by atoms with Crippen LogP contribution in [-0.2, 0) is 11.2 Å². The zero-order chi connectivity index (χ0) is 16.4. The fourth-order valence-corrected chi connectivity index (χ4v) is 2.06. The van der Waals surface area contributed by atoms with E-state index >= 15 is 0 Å². The molecule has 0 bridgehead atoms. The quantitative estimate of drug-likeness (QED) is 0.517. The Labute approximate surface area is 124 Å². The molecule has 1 N–H and O–H groups in total. The molecule has 0 aliphatic rings. The normalized spacial score (nSPS) is 10.6. The smallest absolute Gasteiger partial charge is 0.229 e. The van der Waals surface area contributed by atoms with E-state index in [2.05, 4.69) is 5.32 Å². The third-order valence-electron chi connectivity index (χ3n) is 3.21. The average molecular weight is 311 g/mol. The molecule has 0 fully saturated rings. The molecule has 1 amide bonds. The number of nitrogens with one attached hydrogen (secondary N) is 1. The van der Waals surface area contributed by atoms with Crippen molar-refractivity contribution in [3.63, 3.8) is 0 Å². The van der Waals surface area contributed by atoms with Crippen LogP contribution in [0, 0.1) is 37.1 Å². The highest BCUT2D eigenvalue weighted by atomic mass is 19.2. The first-order chi connectivity index (χ1) is 10.3. The number of benzene rings is 2. The second-order valence-corrected chi connectivity index (χ2v) is 4.95. The van der Waals surface area contributed by atoms with Gasteiger partial charge in [-0.05, 0) is 31.5 Å². The number of hydrogen-bond acceptors (Lipinski definition) is 1. The van der Waals surface area contributed by atoms with E-state index in [1.54, 1.807) is 18.2 Å². The van der Waals surface area contributed by atoms with E-state index in [9.17, 15) is 22.4 Å². The van der Waals surface area contributed by atoms with Crippen LogP contribution in [0.1, 0.15) is 16.7 Å². The number of carbonyl (C=O) groups is 1. The van der Waals surface area contributed by atoms with Gasteiger partial charge in [0.25, 0.3) is 0 Å². The molecule has 0 radical (unpaired) electrons. The van der Waals surface area contributed by atoms with Gasteiger partial charge in [0.15, 0.2) is 17.5 Å². The van der Waals surface area contributed by atoms with Crippen molar-refractivity contribution >= 4 is 11.6 Å². The molecule has 0 unspecified atom stereocenters. The molecule has 0 aliphatic carbocycles. The molecule has 0 aliphatic heterocycles. The van der Waals surface area contributed by atoms with Crippen LogP contribution in [0.4, 0.5) is 23.2 Å². The molecule has 2 aromatic carbocycles. The first-order valence-corrected chi connectivity index (χ1v) is 6.49. The first-order valence-electron chi connectivity index (χ1n) is 6.49. The Morgan fingerprint density at radius 3 is 2.32 bits per heavy atom. The van der Waals surface area contributed by atoms with E-state index in [1.807, 2.05) is 13.0 Å². The molecule has 0 spiro atoms. The molecule has 0 heterocycles. The summed E-state index contributed by atoms with van der Waals surface area (Å²) >= 11 is 0. The number of rotatable bonds is 3. The van der Waals surface area contributed by atoms with E-state index in [0.29, 0.717) is 5.69 Å².